The quantitative estimate of drug-likeness (QED) is 0.796. The van der Waals surface area contributed by atoms with Gasteiger partial charge in [-0.1, -0.05) is 13.8 Å². The number of aliphatic hydroxyl groups excluding tert-OH is 1. The maximum Gasteiger partial charge on any atom is 0.0558 e. The molecule has 2 saturated heterocycles. The minimum Gasteiger partial charge on any atom is -0.395 e. The number of aliphatic hydroxyl groups is 1. The van der Waals surface area contributed by atoms with Gasteiger partial charge in [-0.2, -0.15) is 0 Å². The highest BCUT2D eigenvalue weighted by atomic mass is 16.3. The van der Waals surface area contributed by atoms with Crippen molar-refractivity contribution in [3.63, 3.8) is 0 Å². The molecular formula is C14H26N2O. The van der Waals surface area contributed by atoms with Crippen molar-refractivity contribution in [3.8, 4) is 0 Å². The van der Waals surface area contributed by atoms with Crippen molar-refractivity contribution < 1.29 is 5.11 Å². The van der Waals surface area contributed by atoms with Crippen molar-refractivity contribution in [2.75, 3.05) is 26.2 Å². The molecule has 2 heterocycles. The van der Waals surface area contributed by atoms with Crippen LogP contribution < -0.4 is 0 Å². The molecule has 2 aliphatic heterocycles. The lowest BCUT2D eigenvalue weighted by Crippen LogP contribution is -2.55. The largest absolute Gasteiger partial charge is 0.395 e. The number of piperazine rings is 1. The van der Waals surface area contributed by atoms with Gasteiger partial charge in [0.15, 0.2) is 0 Å². The number of likely N-dealkylation sites (tertiary alicyclic amines) is 2. The molecule has 1 N–H and O–H groups in total. The second-order valence-electron chi connectivity index (χ2n) is 6.59. The zero-order valence-electron chi connectivity index (χ0n) is 11.2. The fourth-order valence-electron chi connectivity index (χ4n) is 4.07. The molecule has 0 aromatic carbocycles. The van der Waals surface area contributed by atoms with Gasteiger partial charge >= 0.3 is 0 Å². The summed E-state index contributed by atoms with van der Waals surface area (Å²) in [6.45, 7) is 8.39. The predicted molar refractivity (Wildman–Crippen MR) is 68.9 cm³/mol. The monoisotopic (exact) mass is 238 g/mol. The van der Waals surface area contributed by atoms with Crippen LogP contribution in [0.4, 0.5) is 0 Å². The molecule has 0 aromatic heterocycles. The molecule has 0 radical (unpaired) electrons. The Morgan fingerprint density at radius 2 is 1.82 bits per heavy atom. The van der Waals surface area contributed by atoms with Gasteiger partial charge in [-0.05, 0) is 31.1 Å². The Kier molecular flexibility index (Phi) is 3.18. The SMILES string of the molecule is CC(C)[C@H]1C[C@@H](N2CC3CC2CN3CCO)C1. The van der Waals surface area contributed by atoms with Gasteiger partial charge in [0.05, 0.1) is 6.61 Å². The van der Waals surface area contributed by atoms with E-state index in [9.17, 15) is 0 Å². The Hall–Kier alpha value is -0.120. The number of hydrogen-bond acceptors (Lipinski definition) is 3. The molecule has 2 atom stereocenters. The summed E-state index contributed by atoms with van der Waals surface area (Å²) < 4.78 is 0. The van der Waals surface area contributed by atoms with E-state index in [4.69, 9.17) is 5.11 Å². The summed E-state index contributed by atoms with van der Waals surface area (Å²) in [5.41, 5.74) is 0. The van der Waals surface area contributed by atoms with Crippen molar-refractivity contribution >= 4 is 0 Å². The van der Waals surface area contributed by atoms with E-state index in [2.05, 4.69) is 23.6 Å². The average Bonchev–Trinajstić information content (AvgIpc) is 2.74. The molecule has 1 aliphatic carbocycles. The number of nitrogens with zero attached hydrogens (tertiary/aromatic N) is 2. The minimum absolute atomic E-state index is 0.322. The maximum atomic E-state index is 9.03. The molecule has 3 rings (SSSR count). The Morgan fingerprint density at radius 1 is 1.06 bits per heavy atom. The van der Waals surface area contributed by atoms with E-state index in [1.807, 2.05) is 0 Å². The van der Waals surface area contributed by atoms with Gasteiger partial charge in [-0.25, -0.2) is 0 Å². The van der Waals surface area contributed by atoms with E-state index in [0.29, 0.717) is 6.61 Å². The summed E-state index contributed by atoms with van der Waals surface area (Å²) in [6.07, 6.45) is 4.21. The van der Waals surface area contributed by atoms with Crippen molar-refractivity contribution in [1.82, 2.24) is 9.80 Å². The van der Waals surface area contributed by atoms with E-state index < -0.39 is 0 Å². The number of fused-ring (bicyclic) bond motifs is 2. The Bertz CT molecular complexity index is 275. The molecule has 0 amide bonds. The lowest BCUT2D eigenvalue weighted by molar-refractivity contribution is 0.0122. The van der Waals surface area contributed by atoms with Crippen molar-refractivity contribution in [3.05, 3.63) is 0 Å². The summed E-state index contributed by atoms with van der Waals surface area (Å²) in [4.78, 5) is 5.26. The molecule has 3 aliphatic rings. The van der Waals surface area contributed by atoms with Crippen LogP contribution in [0.15, 0.2) is 0 Å². The molecule has 2 unspecified atom stereocenters. The van der Waals surface area contributed by atoms with E-state index in [-0.39, 0.29) is 0 Å². The number of rotatable bonds is 4. The van der Waals surface area contributed by atoms with E-state index in [1.54, 1.807) is 0 Å². The summed E-state index contributed by atoms with van der Waals surface area (Å²) >= 11 is 0. The third-order valence-corrected chi connectivity index (χ3v) is 5.35. The lowest BCUT2D eigenvalue weighted by atomic mass is 9.73. The zero-order valence-corrected chi connectivity index (χ0v) is 11.2. The maximum absolute atomic E-state index is 9.03. The first-order valence-corrected chi connectivity index (χ1v) is 7.29. The average molecular weight is 238 g/mol. The molecule has 2 bridgehead atoms. The van der Waals surface area contributed by atoms with Crippen LogP contribution in [0, 0.1) is 11.8 Å². The third kappa shape index (κ3) is 2.02. The molecule has 98 valence electrons. The third-order valence-electron chi connectivity index (χ3n) is 5.35. The summed E-state index contributed by atoms with van der Waals surface area (Å²) in [5, 5.41) is 9.03. The smallest absolute Gasteiger partial charge is 0.0558 e. The second-order valence-corrected chi connectivity index (χ2v) is 6.59. The molecule has 1 saturated carbocycles. The zero-order chi connectivity index (χ0) is 12.0. The summed E-state index contributed by atoms with van der Waals surface area (Å²) in [6, 6.07) is 2.42. The molecule has 3 nitrogen and oxygen atoms in total. The van der Waals surface area contributed by atoms with Crippen LogP contribution in [0.2, 0.25) is 0 Å². The second kappa shape index (κ2) is 4.52. The van der Waals surface area contributed by atoms with Crippen molar-refractivity contribution in [2.24, 2.45) is 11.8 Å². The molecular weight excluding hydrogens is 212 g/mol. The first-order valence-electron chi connectivity index (χ1n) is 7.29. The van der Waals surface area contributed by atoms with Gasteiger partial charge in [-0.15, -0.1) is 0 Å². The van der Waals surface area contributed by atoms with Gasteiger partial charge in [0.2, 0.25) is 0 Å². The Morgan fingerprint density at radius 3 is 2.35 bits per heavy atom. The normalized spacial score (nSPS) is 42.4. The van der Waals surface area contributed by atoms with Crippen LogP contribution in [-0.4, -0.2) is 59.3 Å². The number of hydrogen-bond donors (Lipinski definition) is 1. The minimum atomic E-state index is 0.322. The fourth-order valence-corrected chi connectivity index (χ4v) is 4.07. The topological polar surface area (TPSA) is 26.7 Å². The number of β-amino-alcohol motifs (C(OH)–C–C–N with tert-alkyl or cyclic N) is 1. The first-order chi connectivity index (χ1) is 8.19. The van der Waals surface area contributed by atoms with Crippen molar-refractivity contribution in [2.45, 2.75) is 51.2 Å². The van der Waals surface area contributed by atoms with Crippen LogP contribution >= 0.6 is 0 Å². The molecule has 0 aromatic rings. The van der Waals surface area contributed by atoms with Crippen LogP contribution in [0.5, 0.6) is 0 Å². The van der Waals surface area contributed by atoms with Crippen LogP contribution in [-0.2, 0) is 0 Å². The van der Waals surface area contributed by atoms with Crippen LogP contribution in [0.25, 0.3) is 0 Å². The molecule has 3 heteroatoms. The molecule has 17 heavy (non-hydrogen) atoms. The summed E-state index contributed by atoms with van der Waals surface area (Å²) in [7, 11) is 0. The fraction of sp³-hybridized carbons (Fsp3) is 1.00. The molecule has 0 spiro atoms. The standard InChI is InChI=1S/C14H26N2O/c1-10(2)11-5-12(6-11)16-9-13-7-14(16)8-15(13)3-4-17/h10-14,17H,3-9H2,1-2H3/t11-,12+,13?,14?. The van der Waals surface area contributed by atoms with Gasteiger partial charge in [-0.3, -0.25) is 9.80 Å². The lowest BCUT2D eigenvalue weighted by Gasteiger charge is -2.47. The van der Waals surface area contributed by atoms with Gasteiger partial charge in [0.25, 0.3) is 0 Å². The van der Waals surface area contributed by atoms with E-state index >= 15 is 0 Å². The molecule has 3 fully saturated rings. The van der Waals surface area contributed by atoms with E-state index in [1.165, 1.54) is 32.4 Å². The van der Waals surface area contributed by atoms with Crippen LogP contribution in [0.1, 0.15) is 33.1 Å². The van der Waals surface area contributed by atoms with E-state index in [0.717, 1.165) is 36.5 Å². The highest BCUT2D eigenvalue weighted by Gasteiger charge is 2.48. The van der Waals surface area contributed by atoms with Crippen molar-refractivity contribution in [1.29, 1.82) is 0 Å². The van der Waals surface area contributed by atoms with Gasteiger partial charge in [0, 0.05) is 37.8 Å². The van der Waals surface area contributed by atoms with Crippen LogP contribution in [0.3, 0.4) is 0 Å². The highest BCUT2D eigenvalue weighted by molar-refractivity contribution is 5.04. The van der Waals surface area contributed by atoms with Gasteiger partial charge < -0.3 is 5.11 Å². The highest BCUT2D eigenvalue weighted by Crippen LogP contribution is 2.42. The Labute approximate surface area is 105 Å². The first kappa shape index (κ1) is 11.9. The Balaban J connectivity index is 1.50. The summed E-state index contributed by atoms with van der Waals surface area (Å²) in [5.74, 6) is 1.85. The predicted octanol–water partition coefficient (Wildman–Crippen LogP) is 1.17. The van der Waals surface area contributed by atoms with Gasteiger partial charge in [0.1, 0.15) is 0 Å².